The summed E-state index contributed by atoms with van der Waals surface area (Å²) in [6.45, 7) is 3.83. The molecule has 0 spiro atoms. The van der Waals surface area contributed by atoms with E-state index in [9.17, 15) is 0 Å². The lowest BCUT2D eigenvalue weighted by atomic mass is 10.2. The lowest BCUT2D eigenvalue weighted by molar-refractivity contribution is 0.199. The Bertz CT molecular complexity index is 484. The van der Waals surface area contributed by atoms with Crippen molar-refractivity contribution in [3.05, 3.63) is 23.9 Å². The van der Waals surface area contributed by atoms with Gasteiger partial charge in [0.25, 0.3) is 0 Å². The van der Waals surface area contributed by atoms with Gasteiger partial charge in [-0.05, 0) is 38.2 Å². The van der Waals surface area contributed by atoms with Gasteiger partial charge in [0.15, 0.2) is 5.96 Å². The third-order valence-corrected chi connectivity index (χ3v) is 4.17. The molecule has 0 saturated heterocycles. The van der Waals surface area contributed by atoms with Crippen molar-refractivity contribution in [2.45, 2.75) is 64.5 Å². The summed E-state index contributed by atoms with van der Waals surface area (Å²) in [5.74, 6) is 1.59. The van der Waals surface area contributed by atoms with Crippen LogP contribution in [0.3, 0.4) is 0 Å². The standard InChI is InChI=1S/C18H30N4O/c1-3-4-7-12-21-18(19-2)22-14-15-9-8-13-20-17(15)23-16-10-5-6-11-16/h8-9,13,16H,3-7,10-12,14H2,1-2H3,(H2,19,21,22). The van der Waals surface area contributed by atoms with Crippen molar-refractivity contribution in [2.24, 2.45) is 4.99 Å². The van der Waals surface area contributed by atoms with Crippen LogP contribution in [0.15, 0.2) is 23.3 Å². The average molecular weight is 318 g/mol. The molecule has 1 aliphatic carbocycles. The van der Waals surface area contributed by atoms with Crippen LogP contribution in [0.25, 0.3) is 0 Å². The Morgan fingerprint density at radius 3 is 2.87 bits per heavy atom. The van der Waals surface area contributed by atoms with Crippen LogP contribution >= 0.6 is 0 Å². The first-order valence-corrected chi connectivity index (χ1v) is 8.88. The summed E-state index contributed by atoms with van der Waals surface area (Å²) in [5.41, 5.74) is 1.08. The maximum atomic E-state index is 6.07. The van der Waals surface area contributed by atoms with Crippen molar-refractivity contribution in [3.63, 3.8) is 0 Å². The van der Waals surface area contributed by atoms with Gasteiger partial charge in [0.2, 0.25) is 5.88 Å². The van der Waals surface area contributed by atoms with Crippen LogP contribution in [0, 0.1) is 0 Å². The highest BCUT2D eigenvalue weighted by Crippen LogP contribution is 2.24. The molecule has 1 aliphatic rings. The van der Waals surface area contributed by atoms with Gasteiger partial charge in [-0.15, -0.1) is 0 Å². The van der Waals surface area contributed by atoms with E-state index >= 15 is 0 Å². The molecule has 23 heavy (non-hydrogen) atoms. The normalized spacial score (nSPS) is 15.7. The van der Waals surface area contributed by atoms with E-state index in [4.69, 9.17) is 4.74 Å². The molecular formula is C18H30N4O. The summed E-state index contributed by atoms with van der Waals surface area (Å²) >= 11 is 0. The summed E-state index contributed by atoms with van der Waals surface area (Å²) in [4.78, 5) is 8.68. The first kappa shape index (κ1) is 17.6. The van der Waals surface area contributed by atoms with E-state index in [2.05, 4.69) is 33.6 Å². The average Bonchev–Trinajstić information content (AvgIpc) is 3.08. The molecule has 0 aliphatic heterocycles. The van der Waals surface area contributed by atoms with E-state index in [-0.39, 0.29) is 0 Å². The Hall–Kier alpha value is -1.78. The number of unbranched alkanes of at least 4 members (excludes halogenated alkanes) is 2. The molecule has 2 rings (SSSR count). The van der Waals surface area contributed by atoms with Crippen molar-refractivity contribution in [3.8, 4) is 5.88 Å². The van der Waals surface area contributed by atoms with E-state index in [0.29, 0.717) is 12.6 Å². The number of nitrogens with one attached hydrogen (secondary N) is 2. The number of rotatable bonds is 8. The number of hydrogen-bond donors (Lipinski definition) is 2. The van der Waals surface area contributed by atoms with Gasteiger partial charge in [0.05, 0.1) is 0 Å². The topological polar surface area (TPSA) is 58.5 Å². The van der Waals surface area contributed by atoms with E-state index in [0.717, 1.165) is 36.8 Å². The van der Waals surface area contributed by atoms with E-state index in [1.807, 2.05) is 6.07 Å². The molecule has 5 nitrogen and oxygen atoms in total. The number of pyridine rings is 1. The smallest absolute Gasteiger partial charge is 0.218 e. The summed E-state index contributed by atoms with van der Waals surface area (Å²) in [6.07, 6.45) is 10.6. The Labute approximate surface area is 139 Å². The fourth-order valence-electron chi connectivity index (χ4n) is 2.81. The van der Waals surface area contributed by atoms with Gasteiger partial charge in [-0.2, -0.15) is 0 Å². The molecule has 1 fully saturated rings. The van der Waals surface area contributed by atoms with Crippen LogP contribution in [-0.2, 0) is 6.54 Å². The highest BCUT2D eigenvalue weighted by atomic mass is 16.5. The lowest BCUT2D eigenvalue weighted by Gasteiger charge is -2.16. The largest absolute Gasteiger partial charge is 0.474 e. The second kappa shape index (κ2) is 10.1. The molecular weight excluding hydrogens is 288 g/mol. The molecule has 2 N–H and O–H groups in total. The first-order chi connectivity index (χ1) is 11.3. The molecule has 0 amide bonds. The predicted molar refractivity (Wildman–Crippen MR) is 94.8 cm³/mol. The number of hydrogen-bond acceptors (Lipinski definition) is 3. The van der Waals surface area contributed by atoms with Crippen LogP contribution in [0.4, 0.5) is 0 Å². The van der Waals surface area contributed by atoms with Gasteiger partial charge in [0, 0.05) is 31.9 Å². The Morgan fingerprint density at radius 2 is 2.13 bits per heavy atom. The third kappa shape index (κ3) is 6.08. The van der Waals surface area contributed by atoms with Crippen LogP contribution in [0.1, 0.15) is 57.4 Å². The molecule has 0 radical (unpaired) electrons. The molecule has 1 heterocycles. The number of aliphatic imine (C=N–C) groups is 1. The molecule has 0 bridgehead atoms. The van der Waals surface area contributed by atoms with Gasteiger partial charge in [-0.1, -0.05) is 25.8 Å². The minimum absolute atomic E-state index is 0.329. The zero-order valence-corrected chi connectivity index (χ0v) is 14.5. The van der Waals surface area contributed by atoms with Crippen LogP contribution < -0.4 is 15.4 Å². The number of aromatic nitrogens is 1. The molecule has 5 heteroatoms. The van der Waals surface area contributed by atoms with E-state index < -0.39 is 0 Å². The summed E-state index contributed by atoms with van der Waals surface area (Å²) in [6, 6.07) is 4.02. The van der Waals surface area contributed by atoms with Gasteiger partial charge >= 0.3 is 0 Å². The highest BCUT2D eigenvalue weighted by molar-refractivity contribution is 5.79. The van der Waals surface area contributed by atoms with Crippen LogP contribution in [-0.4, -0.2) is 30.6 Å². The summed E-state index contributed by atoms with van der Waals surface area (Å²) in [5, 5.41) is 6.69. The monoisotopic (exact) mass is 318 g/mol. The zero-order valence-electron chi connectivity index (χ0n) is 14.5. The van der Waals surface area contributed by atoms with Gasteiger partial charge in [-0.3, -0.25) is 4.99 Å². The molecule has 0 aromatic carbocycles. The fourth-order valence-corrected chi connectivity index (χ4v) is 2.81. The second-order valence-electron chi connectivity index (χ2n) is 6.05. The van der Waals surface area contributed by atoms with Crippen molar-refractivity contribution in [2.75, 3.05) is 13.6 Å². The Morgan fingerprint density at radius 1 is 1.30 bits per heavy atom. The quantitative estimate of drug-likeness (QED) is 0.439. The third-order valence-electron chi connectivity index (χ3n) is 4.17. The Kier molecular flexibility index (Phi) is 7.70. The Balaban J connectivity index is 1.83. The van der Waals surface area contributed by atoms with Crippen molar-refractivity contribution < 1.29 is 4.74 Å². The predicted octanol–water partition coefficient (Wildman–Crippen LogP) is 3.26. The molecule has 128 valence electrons. The molecule has 1 aromatic rings. The van der Waals surface area contributed by atoms with Gasteiger partial charge in [0.1, 0.15) is 6.10 Å². The number of ether oxygens (including phenoxy) is 1. The molecule has 1 saturated carbocycles. The summed E-state index contributed by atoms with van der Waals surface area (Å²) < 4.78 is 6.07. The number of nitrogens with zero attached hydrogens (tertiary/aromatic N) is 2. The zero-order chi connectivity index (χ0) is 16.3. The maximum absolute atomic E-state index is 6.07. The highest BCUT2D eigenvalue weighted by Gasteiger charge is 2.18. The first-order valence-electron chi connectivity index (χ1n) is 8.88. The van der Waals surface area contributed by atoms with E-state index in [1.165, 1.54) is 32.1 Å². The number of guanidine groups is 1. The summed E-state index contributed by atoms with van der Waals surface area (Å²) in [7, 11) is 1.80. The molecule has 0 unspecified atom stereocenters. The van der Waals surface area contributed by atoms with Crippen molar-refractivity contribution in [1.82, 2.24) is 15.6 Å². The maximum Gasteiger partial charge on any atom is 0.218 e. The van der Waals surface area contributed by atoms with Gasteiger partial charge < -0.3 is 15.4 Å². The molecule has 0 atom stereocenters. The second-order valence-corrected chi connectivity index (χ2v) is 6.05. The van der Waals surface area contributed by atoms with Gasteiger partial charge in [-0.25, -0.2) is 4.98 Å². The van der Waals surface area contributed by atoms with Crippen molar-refractivity contribution in [1.29, 1.82) is 0 Å². The molecule has 1 aromatic heterocycles. The minimum Gasteiger partial charge on any atom is -0.474 e. The minimum atomic E-state index is 0.329. The SMILES string of the molecule is CCCCCNC(=NC)NCc1cccnc1OC1CCCC1. The fraction of sp³-hybridized carbons (Fsp3) is 0.667. The lowest BCUT2D eigenvalue weighted by Crippen LogP contribution is -2.37. The van der Waals surface area contributed by atoms with Crippen LogP contribution in [0.2, 0.25) is 0 Å². The van der Waals surface area contributed by atoms with Crippen molar-refractivity contribution >= 4 is 5.96 Å². The van der Waals surface area contributed by atoms with E-state index in [1.54, 1.807) is 13.2 Å². The van der Waals surface area contributed by atoms with Crippen LogP contribution in [0.5, 0.6) is 5.88 Å².